The molecule has 1 saturated heterocycles. The fourth-order valence-corrected chi connectivity index (χ4v) is 2.48. The van der Waals surface area contributed by atoms with E-state index in [-0.39, 0.29) is 5.78 Å². The third-order valence-electron chi connectivity index (χ3n) is 3.46. The van der Waals surface area contributed by atoms with Crippen LogP contribution in [0.5, 0.6) is 5.75 Å². The van der Waals surface area contributed by atoms with Gasteiger partial charge in [-0.1, -0.05) is 12.1 Å². The van der Waals surface area contributed by atoms with Gasteiger partial charge < -0.3 is 9.64 Å². The maximum Gasteiger partial charge on any atom is 0.134 e. The van der Waals surface area contributed by atoms with E-state index in [9.17, 15) is 4.79 Å². The third-order valence-corrected chi connectivity index (χ3v) is 3.46. The zero-order valence-corrected chi connectivity index (χ0v) is 11.7. The first-order chi connectivity index (χ1) is 9.24. The van der Waals surface area contributed by atoms with Crippen molar-refractivity contribution in [1.82, 2.24) is 4.90 Å². The van der Waals surface area contributed by atoms with Crippen molar-refractivity contribution in [3.05, 3.63) is 29.8 Å². The fraction of sp³-hybridized carbons (Fsp3) is 0.562. The van der Waals surface area contributed by atoms with E-state index in [4.69, 9.17) is 4.74 Å². The van der Waals surface area contributed by atoms with Gasteiger partial charge in [0.2, 0.25) is 0 Å². The summed E-state index contributed by atoms with van der Waals surface area (Å²) in [6.45, 7) is 6.02. The summed E-state index contributed by atoms with van der Waals surface area (Å²) in [5.74, 6) is 1.09. The second kappa shape index (κ2) is 7.29. The summed E-state index contributed by atoms with van der Waals surface area (Å²) < 4.78 is 5.71. The van der Waals surface area contributed by atoms with E-state index in [2.05, 4.69) is 4.90 Å². The SMILES string of the molecule is CC(=O)Cc1ccc(OCCCN2CCCC2)cc1. The summed E-state index contributed by atoms with van der Waals surface area (Å²) in [6, 6.07) is 7.84. The van der Waals surface area contributed by atoms with Crippen LogP contribution in [0.1, 0.15) is 31.7 Å². The Bertz CT molecular complexity index is 394. The average molecular weight is 261 g/mol. The molecule has 1 aromatic rings. The first kappa shape index (κ1) is 14.1. The molecular weight excluding hydrogens is 238 g/mol. The molecular formula is C16H23NO2. The monoisotopic (exact) mass is 261 g/mol. The minimum Gasteiger partial charge on any atom is -0.494 e. The van der Waals surface area contributed by atoms with Crippen molar-refractivity contribution in [1.29, 1.82) is 0 Å². The quantitative estimate of drug-likeness (QED) is 0.707. The molecule has 104 valence electrons. The lowest BCUT2D eigenvalue weighted by molar-refractivity contribution is -0.116. The standard InChI is InChI=1S/C16H23NO2/c1-14(18)13-15-5-7-16(8-6-15)19-12-4-11-17-9-2-3-10-17/h5-8H,2-4,9-13H2,1H3. The van der Waals surface area contributed by atoms with Crippen LogP contribution in [0.3, 0.4) is 0 Å². The van der Waals surface area contributed by atoms with Crippen molar-refractivity contribution < 1.29 is 9.53 Å². The number of carbonyl (C=O) groups excluding carboxylic acids is 1. The number of ether oxygens (including phenoxy) is 1. The highest BCUT2D eigenvalue weighted by Crippen LogP contribution is 2.13. The van der Waals surface area contributed by atoms with Gasteiger partial charge in [-0.3, -0.25) is 4.79 Å². The zero-order chi connectivity index (χ0) is 13.5. The number of Topliss-reactive ketones (excluding diaryl/α,β-unsaturated/α-hetero) is 1. The number of carbonyl (C=O) groups is 1. The first-order valence-corrected chi connectivity index (χ1v) is 7.17. The summed E-state index contributed by atoms with van der Waals surface area (Å²) in [7, 11) is 0. The molecule has 1 aliphatic rings. The maximum absolute atomic E-state index is 11.0. The van der Waals surface area contributed by atoms with E-state index in [1.54, 1.807) is 6.92 Å². The molecule has 0 saturated carbocycles. The van der Waals surface area contributed by atoms with Crippen LogP contribution in [0.15, 0.2) is 24.3 Å². The van der Waals surface area contributed by atoms with E-state index in [1.165, 1.54) is 25.9 Å². The Kier molecular flexibility index (Phi) is 5.40. The molecule has 0 aromatic heterocycles. The Morgan fingerprint density at radius 1 is 1.21 bits per heavy atom. The van der Waals surface area contributed by atoms with Gasteiger partial charge in [-0.15, -0.1) is 0 Å². The third kappa shape index (κ3) is 5.03. The molecule has 0 aliphatic carbocycles. The van der Waals surface area contributed by atoms with Gasteiger partial charge in [0, 0.05) is 13.0 Å². The van der Waals surface area contributed by atoms with Gasteiger partial charge in [-0.05, 0) is 57.0 Å². The van der Waals surface area contributed by atoms with Crippen LogP contribution in [0.4, 0.5) is 0 Å². The highest BCUT2D eigenvalue weighted by Gasteiger charge is 2.10. The molecule has 1 fully saturated rings. The van der Waals surface area contributed by atoms with Crippen LogP contribution >= 0.6 is 0 Å². The van der Waals surface area contributed by atoms with Crippen molar-refractivity contribution in [2.75, 3.05) is 26.2 Å². The summed E-state index contributed by atoms with van der Waals surface area (Å²) in [5, 5.41) is 0. The molecule has 2 rings (SSSR count). The molecule has 0 atom stereocenters. The van der Waals surface area contributed by atoms with Crippen molar-refractivity contribution in [3.8, 4) is 5.75 Å². The summed E-state index contributed by atoms with van der Waals surface area (Å²) in [6.07, 6.45) is 4.28. The van der Waals surface area contributed by atoms with Crippen LogP contribution in [0, 0.1) is 0 Å². The molecule has 0 spiro atoms. The Morgan fingerprint density at radius 3 is 2.53 bits per heavy atom. The summed E-state index contributed by atoms with van der Waals surface area (Å²) in [5.41, 5.74) is 1.05. The van der Waals surface area contributed by atoms with E-state index in [0.29, 0.717) is 6.42 Å². The molecule has 0 unspecified atom stereocenters. The fourth-order valence-electron chi connectivity index (χ4n) is 2.48. The molecule has 3 nitrogen and oxygen atoms in total. The lowest BCUT2D eigenvalue weighted by atomic mass is 10.1. The van der Waals surface area contributed by atoms with Gasteiger partial charge in [0.1, 0.15) is 11.5 Å². The van der Waals surface area contributed by atoms with Crippen LogP contribution in [0.25, 0.3) is 0 Å². The van der Waals surface area contributed by atoms with Crippen molar-refractivity contribution >= 4 is 5.78 Å². The minimum absolute atomic E-state index is 0.194. The zero-order valence-electron chi connectivity index (χ0n) is 11.7. The van der Waals surface area contributed by atoms with E-state index >= 15 is 0 Å². The number of hydrogen-bond acceptors (Lipinski definition) is 3. The number of benzene rings is 1. The second-order valence-electron chi connectivity index (χ2n) is 5.27. The van der Waals surface area contributed by atoms with Crippen LogP contribution in [0.2, 0.25) is 0 Å². The van der Waals surface area contributed by atoms with Crippen LogP contribution < -0.4 is 4.74 Å². The molecule has 1 aromatic carbocycles. The van der Waals surface area contributed by atoms with E-state index in [1.807, 2.05) is 24.3 Å². The Morgan fingerprint density at radius 2 is 1.89 bits per heavy atom. The van der Waals surface area contributed by atoms with Gasteiger partial charge in [0.05, 0.1) is 6.61 Å². The normalized spacial score (nSPS) is 15.6. The Labute approximate surface area is 115 Å². The van der Waals surface area contributed by atoms with E-state index in [0.717, 1.165) is 30.9 Å². The molecule has 0 bridgehead atoms. The summed E-state index contributed by atoms with van der Waals surface area (Å²) in [4.78, 5) is 13.5. The topological polar surface area (TPSA) is 29.5 Å². The predicted molar refractivity (Wildman–Crippen MR) is 76.6 cm³/mol. The lowest BCUT2D eigenvalue weighted by Gasteiger charge is -2.14. The highest BCUT2D eigenvalue weighted by molar-refractivity contribution is 5.78. The van der Waals surface area contributed by atoms with Gasteiger partial charge in [-0.25, -0.2) is 0 Å². The molecule has 0 radical (unpaired) electrons. The van der Waals surface area contributed by atoms with Crippen molar-refractivity contribution in [3.63, 3.8) is 0 Å². The van der Waals surface area contributed by atoms with E-state index < -0.39 is 0 Å². The predicted octanol–water partition coefficient (Wildman–Crippen LogP) is 2.68. The van der Waals surface area contributed by atoms with Crippen LogP contribution in [-0.2, 0) is 11.2 Å². The molecule has 1 heterocycles. The van der Waals surface area contributed by atoms with Crippen molar-refractivity contribution in [2.45, 2.75) is 32.6 Å². The molecule has 1 aliphatic heterocycles. The number of rotatable bonds is 7. The highest BCUT2D eigenvalue weighted by atomic mass is 16.5. The van der Waals surface area contributed by atoms with Gasteiger partial charge in [-0.2, -0.15) is 0 Å². The number of nitrogens with zero attached hydrogens (tertiary/aromatic N) is 1. The molecule has 0 N–H and O–H groups in total. The minimum atomic E-state index is 0.194. The van der Waals surface area contributed by atoms with Crippen LogP contribution in [-0.4, -0.2) is 36.9 Å². The smallest absolute Gasteiger partial charge is 0.134 e. The Balaban J connectivity index is 1.66. The average Bonchev–Trinajstić information content (AvgIpc) is 2.89. The van der Waals surface area contributed by atoms with Gasteiger partial charge in [0.15, 0.2) is 0 Å². The van der Waals surface area contributed by atoms with Gasteiger partial charge >= 0.3 is 0 Å². The maximum atomic E-state index is 11.0. The van der Waals surface area contributed by atoms with Crippen molar-refractivity contribution in [2.24, 2.45) is 0 Å². The summed E-state index contributed by atoms with van der Waals surface area (Å²) >= 11 is 0. The largest absolute Gasteiger partial charge is 0.494 e. The number of hydrogen-bond donors (Lipinski definition) is 0. The first-order valence-electron chi connectivity index (χ1n) is 7.17. The lowest BCUT2D eigenvalue weighted by Crippen LogP contribution is -2.21. The second-order valence-corrected chi connectivity index (χ2v) is 5.27. The Hall–Kier alpha value is -1.35. The number of likely N-dealkylation sites (tertiary alicyclic amines) is 1. The van der Waals surface area contributed by atoms with Gasteiger partial charge in [0.25, 0.3) is 0 Å². The molecule has 19 heavy (non-hydrogen) atoms. The molecule has 3 heteroatoms. The molecule has 0 amide bonds. The number of ketones is 1.